The van der Waals surface area contributed by atoms with E-state index in [1.165, 1.54) is 0 Å². The van der Waals surface area contributed by atoms with Crippen LogP contribution in [0.2, 0.25) is 0 Å². The molecule has 24 heavy (non-hydrogen) atoms. The van der Waals surface area contributed by atoms with Crippen LogP contribution in [0.15, 0.2) is 24.3 Å². The predicted molar refractivity (Wildman–Crippen MR) is 84.1 cm³/mol. The molecule has 2 saturated carbocycles. The summed E-state index contributed by atoms with van der Waals surface area (Å²) >= 11 is 0. The van der Waals surface area contributed by atoms with Crippen molar-refractivity contribution in [3.8, 4) is 0 Å². The molecule has 2 bridgehead atoms. The normalized spacial score (nSPS) is 34.1. The third-order valence-corrected chi connectivity index (χ3v) is 5.75. The Balaban J connectivity index is 1.45. The highest BCUT2D eigenvalue weighted by Crippen LogP contribution is 2.58. The van der Waals surface area contributed by atoms with Crippen LogP contribution in [0.4, 0.5) is 0 Å². The zero-order valence-electron chi connectivity index (χ0n) is 13.7. The van der Waals surface area contributed by atoms with Crippen LogP contribution in [0.5, 0.6) is 0 Å². The standard InChI is InChI=1S/C19H20O5/c1-9-3-5-11(6-4-9)17(20)10(2)23-18(21)15-12-7-13-14(8-12)24-19(22)16(13)15/h3-6,10,12-16H,7-8H2,1-2H3/t10-,12+,13-,14-,15+,16-/m0/s1. The van der Waals surface area contributed by atoms with Crippen molar-refractivity contribution >= 4 is 17.7 Å². The first-order chi connectivity index (χ1) is 11.5. The molecule has 0 amide bonds. The topological polar surface area (TPSA) is 69.7 Å². The van der Waals surface area contributed by atoms with Crippen molar-refractivity contribution in [1.82, 2.24) is 0 Å². The molecule has 5 nitrogen and oxygen atoms in total. The van der Waals surface area contributed by atoms with E-state index in [0.29, 0.717) is 5.56 Å². The van der Waals surface area contributed by atoms with Gasteiger partial charge in [0.25, 0.3) is 0 Å². The predicted octanol–water partition coefficient (Wildman–Crippen LogP) is 2.31. The van der Waals surface area contributed by atoms with Crippen molar-refractivity contribution < 1.29 is 23.9 Å². The number of rotatable bonds is 4. The highest BCUT2D eigenvalue weighted by molar-refractivity contribution is 6.00. The van der Waals surface area contributed by atoms with Crippen LogP contribution in [-0.4, -0.2) is 29.9 Å². The van der Waals surface area contributed by atoms with Crippen LogP contribution in [0.1, 0.15) is 35.7 Å². The average molecular weight is 328 g/mol. The molecule has 0 radical (unpaired) electrons. The fourth-order valence-corrected chi connectivity index (χ4v) is 4.58. The second-order valence-electron chi connectivity index (χ2n) is 7.23. The second-order valence-corrected chi connectivity index (χ2v) is 7.23. The third kappa shape index (κ3) is 2.26. The fourth-order valence-electron chi connectivity index (χ4n) is 4.58. The van der Waals surface area contributed by atoms with E-state index in [4.69, 9.17) is 9.47 Å². The van der Waals surface area contributed by atoms with Crippen molar-refractivity contribution in [2.75, 3.05) is 0 Å². The lowest BCUT2D eigenvalue weighted by Gasteiger charge is -2.24. The number of benzene rings is 1. The van der Waals surface area contributed by atoms with Crippen LogP contribution < -0.4 is 0 Å². The summed E-state index contributed by atoms with van der Waals surface area (Å²) in [6, 6.07) is 7.18. The summed E-state index contributed by atoms with van der Waals surface area (Å²) in [5.74, 6) is -1.45. The van der Waals surface area contributed by atoms with E-state index < -0.39 is 18.0 Å². The van der Waals surface area contributed by atoms with E-state index in [0.717, 1.165) is 18.4 Å². The largest absolute Gasteiger partial charge is 0.462 e. The molecule has 3 fully saturated rings. The Labute approximate surface area is 140 Å². The van der Waals surface area contributed by atoms with Crippen LogP contribution in [0.3, 0.4) is 0 Å². The monoisotopic (exact) mass is 328 g/mol. The maximum absolute atomic E-state index is 12.6. The maximum atomic E-state index is 12.6. The van der Waals surface area contributed by atoms with Gasteiger partial charge < -0.3 is 9.47 Å². The van der Waals surface area contributed by atoms with Gasteiger partial charge in [0.1, 0.15) is 6.10 Å². The SMILES string of the molecule is Cc1ccc(C(=O)[C@H](C)OC(=O)[C@@H]2[C@@H]3C[C@@H]4[C@@H]2C(=O)O[C@H]4C3)cc1. The summed E-state index contributed by atoms with van der Waals surface area (Å²) in [6.07, 6.45) is 0.726. The van der Waals surface area contributed by atoms with Gasteiger partial charge in [0.15, 0.2) is 6.10 Å². The number of ether oxygens (including phenoxy) is 2. The summed E-state index contributed by atoms with van der Waals surface area (Å²) < 4.78 is 10.8. The highest BCUT2D eigenvalue weighted by Gasteiger charge is 2.64. The maximum Gasteiger partial charge on any atom is 0.310 e. The van der Waals surface area contributed by atoms with Crippen LogP contribution in [-0.2, 0) is 19.1 Å². The molecule has 3 aliphatic rings. The van der Waals surface area contributed by atoms with E-state index in [1.807, 2.05) is 19.1 Å². The number of carbonyl (C=O) groups excluding carboxylic acids is 3. The average Bonchev–Trinajstić information content (AvgIpc) is 3.16. The zero-order chi connectivity index (χ0) is 17.0. The number of hydrogen-bond donors (Lipinski definition) is 0. The molecule has 1 saturated heterocycles. The first kappa shape index (κ1) is 15.4. The van der Waals surface area contributed by atoms with Gasteiger partial charge in [-0.3, -0.25) is 14.4 Å². The molecule has 0 spiro atoms. The van der Waals surface area contributed by atoms with Crippen molar-refractivity contribution in [2.24, 2.45) is 23.7 Å². The van der Waals surface area contributed by atoms with Gasteiger partial charge >= 0.3 is 11.9 Å². The van der Waals surface area contributed by atoms with Gasteiger partial charge in [-0.05, 0) is 32.6 Å². The molecule has 1 heterocycles. The Bertz CT molecular complexity index is 705. The van der Waals surface area contributed by atoms with E-state index in [9.17, 15) is 14.4 Å². The fraction of sp³-hybridized carbons (Fsp3) is 0.526. The molecular formula is C19H20O5. The molecular weight excluding hydrogens is 308 g/mol. The molecule has 1 aliphatic heterocycles. The van der Waals surface area contributed by atoms with E-state index >= 15 is 0 Å². The lowest BCUT2D eigenvalue weighted by atomic mass is 9.80. The first-order valence-electron chi connectivity index (χ1n) is 8.47. The Morgan fingerprint density at radius 1 is 1.21 bits per heavy atom. The van der Waals surface area contributed by atoms with Gasteiger partial charge in [0.2, 0.25) is 5.78 Å². The summed E-state index contributed by atoms with van der Waals surface area (Å²) in [7, 11) is 0. The number of Topliss-reactive ketones (excluding diaryl/α,β-unsaturated/α-hetero) is 1. The molecule has 4 rings (SSSR count). The smallest absolute Gasteiger partial charge is 0.310 e. The highest BCUT2D eigenvalue weighted by atomic mass is 16.6. The number of aryl methyl sites for hydroxylation is 1. The Hall–Kier alpha value is -2.17. The van der Waals surface area contributed by atoms with Crippen molar-refractivity contribution in [1.29, 1.82) is 0 Å². The molecule has 2 aliphatic carbocycles. The first-order valence-corrected chi connectivity index (χ1v) is 8.47. The molecule has 5 heteroatoms. The minimum absolute atomic E-state index is 0.0110. The van der Waals surface area contributed by atoms with Crippen molar-refractivity contribution in [3.05, 3.63) is 35.4 Å². The quantitative estimate of drug-likeness (QED) is 0.626. The van der Waals surface area contributed by atoms with Crippen LogP contribution in [0.25, 0.3) is 0 Å². The van der Waals surface area contributed by atoms with Gasteiger partial charge in [0, 0.05) is 11.5 Å². The van der Waals surface area contributed by atoms with Crippen molar-refractivity contribution in [2.45, 2.75) is 38.9 Å². The minimum Gasteiger partial charge on any atom is -0.462 e. The zero-order valence-corrected chi connectivity index (χ0v) is 13.7. The molecule has 0 aromatic heterocycles. The minimum atomic E-state index is -0.854. The summed E-state index contributed by atoms with van der Waals surface area (Å²) in [4.78, 5) is 37.0. The molecule has 0 N–H and O–H groups in total. The molecule has 6 atom stereocenters. The van der Waals surface area contributed by atoms with Gasteiger partial charge in [-0.25, -0.2) is 0 Å². The van der Waals surface area contributed by atoms with E-state index in [2.05, 4.69) is 0 Å². The van der Waals surface area contributed by atoms with E-state index in [-0.39, 0.29) is 35.6 Å². The Morgan fingerprint density at radius 2 is 1.92 bits per heavy atom. The molecule has 1 aromatic rings. The summed E-state index contributed by atoms with van der Waals surface area (Å²) in [5, 5.41) is 0. The number of fused-ring (bicyclic) bond motifs is 1. The van der Waals surface area contributed by atoms with Crippen LogP contribution >= 0.6 is 0 Å². The number of carbonyl (C=O) groups is 3. The molecule has 126 valence electrons. The second kappa shape index (κ2) is 5.43. The van der Waals surface area contributed by atoms with Crippen molar-refractivity contribution in [3.63, 3.8) is 0 Å². The third-order valence-electron chi connectivity index (χ3n) is 5.75. The lowest BCUT2D eigenvalue weighted by Crippen LogP contribution is -2.36. The molecule has 1 aromatic carbocycles. The van der Waals surface area contributed by atoms with Gasteiger partial charge in [-0.1, -0.05) is 29.8 Å². The summed E-state index contributed by atoms with van der Waals surface area (Å²) in [6.45, 7) is 3.53. The number of hydrogen-bond acceptors (Lipinski definition) is 5. The number of ketones is 1. The number of esters is 2. The Kier molecular flexibility index (Phi) is 3.48. The van der Waals surface area contributed by atoms with Crippen LogP contribution in [0, 0.1) is 30.6 Å². The Morgan fingerprint density at radius 3 is 2.62 bits per heavy atom. The van der Waals surface area contributed by atoms with E-state index in [1.54, 1.807) is 19.1 Å². The lowest BCUT2D eigenvalue weighted by molar-refractivity contribution is -0.157. The van der Waals surface area contributed by atoms with Gasteiger partial charge in [-0.15, -0.1) is 0 Å². The molecule has 0 unspecified atom stereocenters. The summed E-state index contributed by atoms with van der Waals surface area (Å²) in [5.41, 5.74) is 1.58. The van der Waals surface area contributed by atoms with Gasteiger partial charge in [0.05, 0.1) is 11.8 Å². The van der Waals surface area contributed by atoms with Gasteiger partial charge in [-0.2, -0.15) is 0 Å².